The van der Waals surface area contributed by atoms with Crippen LogP contribution in [0.2, 0.25) is 0 Å². The third-order valence-electron chi connectivity index (χ3n) is 9.06. The van der Waals surface area contributed by atoms with Crippen LogP contribution in [-0.2, 0) is 4.79 Å². The van der Waals surface area contributed by atoms with Crippen molar-refractivity contribution in [1.82, 2.24) is 0 Å². The van der Waals surface area contributed by atoms with Crippen LogP contribution in [0.25, 0.3) is 0 Å². The number of nitrogens with zero attached hydrogens (tertiary/aromatic N) is 2. The van der Waals surface area contributed by atoms with Crippen LogP contribution < -0.4 is 5.43 Å². The summed E-state index contributed by atoms with van der Waals surface area (Å²) < 4.78 is 0. The molecule has 0 heterocycles. The van der Waals surface area contributed by atoms with E-state index in [1.54, 1.807) is 12.1 Å². The number of rotatable bonds is 3. The molecule has 3 fully saturated rings. The van der Waals surface area contributed by atoms with Gasteiger partial charge in [0.15, 0.2) is 5.78 Å². The zero-order valence-electron chi connectivity index (χ0n) is 18.7. The number of ketones is 1. The van der Waals surface area contributed by atoms with Gasteiger partial charge in [-0.25, -0.2) is 0 Å². The van der Waals surface area contributed by atoms with E-state index in [9.17, 15) is 20.0 Å². The smallest absolute Gasteiger partial charge is 0.269 e. The van der Waals surface area contributed by atoms with Gasteiger partial charge in [0.25, 0.3) is 5.69 Å². The molecule has 32 heavy (non-hydrogen) atoms. The largest absolute Gasteiger partial charge is 0.393 e. The summed E-state index contributed by atoms with van der Waals surface area (Å²) in [4.78, 5) is 23.8. The van der Waals surface area contributed by atoms with E-state index in [-0.39, 0.29) is 34.3 Å². The minimum absolute atomic E-state index is 0.0261. The van der Waals surface area contributed by atoms with Gasteiger partial charge in [-0.2, -0.15) is 5.10 Å². The van der Waals surface area contributed by atoms with Crippen molar-refractivity contribution in [3.63, 3.8) is 0 Å². The van der Waals surface area contributed by atoms with Crippen molar-refractivity contribution < 1.29 is 14.8 Å². The van der Waals surface area contributed by atoms with E-state index in [0.29, 0.717) is 29.7 Å². The molecule has 0 radical (unpaired) electrons. The lowest BCUT2D eigenvalue weighted by Gasteiger charge is -2.56. The molecular weight excluding hydrogens is 406 g/mol. The number of hydrazone groups is 1. The van der Waals surface area contributed by atoms with Crippen LogP contribution in [0.1, 0.15) is 58.8 Å². The maximum absolute atomic E-state index is 13.4. The van der Waals surface area contributed by atoms with E-state index < -0.39 is 4.92 Å². The number of non-ortho nitro benzene ring substituents is 1. The van der Waals surface area contributed by atoms with Crippen molar-refractivity contribution in [1.29, 1.82) is 0 Å². The fourth-order valence-electron chi connectivity index (χ4n) is 7.14. The van der Waals surface area contributed by atoms with Crippen LogP contribution in [-0.4, -0.2) is 27.6 Å². The summed E-state index contributed by atoms with van der Waals surface area (Å²) in [5.74, 6) is 1.46. The van der Waals surface area contributed by atoms with E-state index in [1.165, 1.54) is 17.7 Å². The number of anilines is 1. The van der Waals surface area contributed by atoms with Gasteiger partial charge in [-0.05, 0) is 80.2 Å². The summed E-state index contributed by atoms with van der Waals surface area (Å²) >= 11 is 0. The minimum Gasteiger partial charge on any atom is -0.393 e. The number of hydrogen-bond donors (Lipinski definition) is 2. The second kappa shape index (κ2) is 7.51. The SMILES string of the molecule is C[C@]12CC[C@H](O)CC1=CC[C@H]1C3C/C(=N\Nc4ccc([N+](=O)[O-])cc4)C(=O)[C@@]3(C)CC[C@@H]12. The Balaban J connectivity index is 1.37. The molecule has 4 aliphatic carbocycles. The average Bonchev–Trinajstić information content (AvgIpc) is 3.03. The predicted octanol–water partition coefficient (Wildman–Crippen LogP) is 4.87. The van der Waals surface area contributed by atoms with Gasteiger partial charge in [0.1, 0.15) is 5.71 Å². The first-order valence-corrected chi connectivity index (χ1v) is 11.7. The number of benzene rings is 1. The Morgan fingerprint density at radius 2 is 1.81 bits per heavy atom. The molecule has 0 bridgehead atoms. The van der Waals surface area contributed by atoms with Gasteiger partial charge >= 0.3 is 0 Å². The van der Waals surface area contributed by atoms with E-state index in [4.69, 9.17) is 0 Å². The molecule has 5 rings (SSSR count). The van der Waals surface area contributed by atoms with Crippen LogP contribution in [0.5, 0.6) is 0 Å². The first-order chi connectivity index (χ1) is 15.2. The van der Waals surface area contributed by atoms with E-state index in [1.807, 2.05) is 0 Å². The number of Topliss-reactive ketones (excluding diaryl/α,β-unsaturated/α-hetero) is 1. The maximum Gasteiger partial charge on any atom is 0.269 e. The maximum atomic E-state index is 13.4. The molecule has 0 aliphatic heterocycles. The van der Waals surface area contributed by atoms with Crippen molar-refractivity contribution in [2.75, 3.05) is 5.43 Å². The number of carbonyl (C=O) groups excluding carboxylic acids is 1. The Kier molecular flexibility index (Phi) is 5.00. The molecule has 0 spiro atoms. The molecule has 2 N–H and O–H groups in total. The zero-order chi connectivity index (χ0) is 22.7. The number of allylic oxidation sites excluding steroid dienone is 1. The number of hydrogen-bond acceptors (Lipinski definition) is 6. The molecule has 3 saturated carbocycles. The third kappa shape index (κ3) is 3.20. The van der Waals surface area contributed by atoms with Crippen LogP contribution in [0.4, 0.5) is 11.4 Å². The number of nitro groups is 1. The van der Waals surface area contributed by atoms with Crippen molar-refractivity contribution >= 4 is 22.9 Å². The van der Waals surface area contributed by atoms with Crippen LogP contribution in [0.3, 0.4) is 0 Å². The molecule has 4 aliphatic rings. The number of fused-ring (bicyclic) bond motifs is 5. The van der Waals surface area contributed by atoms with Gasteiger partial charge in [-0.15, -0.1) is 0 Å². The quantitative estimate of drug-likeness (QED) is 0.399. The third-order valence-corrected chi connectivity index (χ3v) is 9.06. The average molecular weight is 438 g/mol. The fourth-order valence-corrected chi connectivity index (χ4v) is 7.14. The molecule has 1 aromatic carbocycles. The number of nitro benzene ring substituents is 1. The highest BCUT2D eigenvalue weighted by molar-refractivity contribution is 6.44. The summed E-state index contributed by atoms with van der Waals surface area (Å²) in [7, 11) is 0. The Labute approximate surface area is 188 Å². The molecule has 170 valence electrons. The number of nitrogens with one attached hydrogen (secondary N) is 1. The number of carbonyl (C=O) groups is 1. The van der Waals surface area contributed by atoms with Crippen molar-refractivity contribution in [3.8, 4) is 0 Å². The molecule has 7 nitrogen and oxygen atoms in total. The number of aliphatic hydroxyl groups is 1. The first-order valence-electron chi connectivity index (χ1n) is 11.7. The fraction of sp³-hybridized carbons (Fsp3) is 0.600. The van der Waals surface area contributed by atoms with Gasteiger partial charge in [-0.3, -0.25) is 20.3 Å². The summed E-state index contributed by atoms with van der Waals surface area (Å²) in [6, 6.07) is 6.08. The van der Waals surface area contributed by atoms with Crippen LogP contribution >= 0.6 is 0 Å². The van der Waals surface area contributed by atoms with Crippen LogP contribution in [0.15, 0.2) is 41.0 Å². The van der Waals surface area contributed by atoms with Gasteiger partial charge in [-0.1, -0.05) is 25.5 Å². The summed E-state index contributed by atoms with van der Waals surface area (Å²) in [6.45, 7) is 4.50. The lowest BCUT2D eigenvalue weighted by atomic mass is 9.48. The van der Waals surface area contributed by atoms with E-state index in [2.05, 4.69) is 30.5 Å². The Bertz CT molecular complexity index is 1020. The Morgan fingerprint density at radius 1 is 1.09 bits per heavy atom. The highest BCUT2D eigenvalue weighted by atomic mass is 16.6. The van der Waals surface area contributed by atoms with Gasteiger partial charge in [0, 0.05) is 17.5 Å². The Morgan fingerprint density at radius 3 is 2.53 bits per heavy atom. The molecule has 0 amide bonds. The van der Waals surface area contributed by atoms with Crippen molar-refractivity contribution in [3.05, 3.63) is 46.0 Å². The minimum atomic E-state index is -0.435. The lowest BCUT2D eigenvalue weighted by Crippen LogP contribution is -2.50. The highest BCUT2D eigenvalue weighted by Gasteiger charge is 2.60. The topological polar surface area (TPSA) is 105 Å². The zero-order valence-corrected chi connectivity index (χ0v) is 18.7. The molecule has 0 saturated heterocycles. The predicted molar refractivity (Wildman–Crippen MR) is 122 cm³/mol. The highest BCUT2D eigenvalue weighted by Crippen LogP contribution is 2.63. The summed E-state index contributed by atoms with van der Waals surface area (Å²) in [5, 5.41) is 25.5. The van der Waals surface area contributed by atoms with Crippen molar-refractivity contribution in [2.45, 2.75) is 64.9 Å². The molecule has 1 unspecified atom stereocenters. The van der Waals surface area contributed by atoms with Crippen LogP contribution in [0, 0.1) is 38.7 Å². The first kappa shape index (κ1) is 21.3. The number of aliphatic hydroxyl groups excluding tert-OH is 1. The standard InChI is InChI=1S/C25H31N3O4/c1-24-11-9-18(29)13-15(24)3-8-19-20(24)10-12-25(2)21(19)14-22(23(25)30)27-26-16-4-6-17(7-5-16)28(31)32/h3-7,18-21,26,29H,8-14H2,1-2H3/b27-22+/t18-,19+,20-,21?,24-,25-/m0/s1. The molecule has 7 heteroatoms. The van der Waals surface area contributed by atoms with E-state index in [0.717, 1.165) is 38.5 Å². The monoisotopic (exact) mass is 437 g/mol. The van der Waals surface area contributed by atoms with Gasteiger partial charge in [0.05, 0.1) is 16.7 Å². The Hall–Kier alpha value is -2.54. The van der Waals surface area contributed by atoms with Gasteiger partial charge in [0.2, 0.25) is 0 Å². The lowest BCUT2D eigenvalue weighted by molar-refractivity contribution is -0.384. The second-order valence-electron chi connectivity index (χ2n) is 10.6. The molecular formula is C25H31N3O4. The normalized spacial score (nSPS) is 39.7. The molecule has 6 atom stereocenters. The summed E-state index contributed by atoms with van der Waals surface area (Å²) in [6.07, 6.45) is 8.45. The second-order valence-corrected chi connectivity index (χ2v) is 10.6. The molecule has 1 aromatic rings. The van der Waals surface area contributed by atoms with Crippen molar-refractivity contribution in [2.24, 2.45) is 33.7 Å². The van der Waals surface area contributed by atoms with Gasteiger partial charge < -0.3 is 5.11 Å². The molecule has 0 aromatic heterocycles. The van der Waals surface area contributed by atoms with E-state index >= 15 is 0 Å². The summed E-state index contributed by atoms with van der Waals surface area (Å²) in [5.41, 5.74) is 5.40.